The van der Waals surface area contributed by atoms with Crippen LogP contribution in [0.5, 0.6) is 0 Å². The summed E-state index contributed by atoms with van der Waals surface area (Å²) in [5, 5.41) is 0. The molecule has 2 rings (SSSR count). The van der Waals surface area contributed by atoms with Gasteiger partial charge in [0.2, 0.25) is 5.91 Å². The van der Waals surface area contributed by atoms with E-state index < -0.39 is 0 Å². The van der Waals surface area contributed by atoms with Gasteiger partial charge >= 0.3 is 0 Å². The minimum Gasteiger partial charge on any atom is -0.345 e. The highest BCUT2D eigenvalue weighted by Crippen LogP contribution is 2.25. The molecule has 0 radical (unpaired) electrons. The van der Waals surface area contributed by atoms with Crippen molar-refractivity contribution < 1.29 is 4.79 Å². The van der Waals surface area contributed by atoms with Crippen LogP contribution in [0, 0.1) is 11.8 Å². The average Bonchev–Trinajstić information content (AvgIpc) is 2.59. The topological polar surface area (TPSA) is 26.8 Å². The number of piperidine rings is 2. The molecule has 1 amide bonds. The molecule has 0 aromatic heterocycles. The second kappa shape index (κ2) is 9.19. The highest BCUT2D eigenvalue weighted by molar-refractivity contribution is 5.78. The molecule has 2 aliphatic rings. The molecule has 140 valence electrons. The van der Waals surface area contributed by atoms with E-state index in [1.807, 2.05) is 11.9 Å². The Kier molecular flexibility index (Phi) is 7.55. The first-order valence-corrected chi connectivity index (χ1v) is 10.1. The summed E-state index contributed by atoms with van der Waals surface area (Å²) in [5.41, 5.74) is 0. The van der Waals surface area contributed by atoms with Gasteiger partial charge in [0, 0.05) is 32.2 Å². The molecule has 0 unspecified atom stereocenters. The van der Waals surface area contributed by atoms with Crippen LogP contribution < -0.4 is 0 Å². The summed E-state index contributed by atoms with van der Waals surface area (Å²) in [7, 11) is 1.99. The fourth-order valence-electron chi connectivity index (χ4n) is 4.18. The van der Waals surface area contributed by atoms with E-state index in [0.717, 1.165) is 25.9 Å². The summed E-state index contributed by atoms with van der Waals surface area (Å²) in [6.07, 6.45) is 5.89. The fraction of sp³-hybridized carbons (Fsp3) is 0.950. The number of carbonyl (C=O) groups is 1. The Hall–Kier alpha value is -0.610. The van der Waals surface area contributed by atoms with E-state index in [1.54, 1.807) is 0 Å². The molecule has 24 heavy (non-hydrogen) atoms. The van der Waals surface area contributed by atoms with Crippen molar-refractivity contribution in [2.75, 3.05) is 39.8 Å². The zero-order valence-corrected chi connectivity index (χ0v) is 16.6. The standard InChI is InChI=1S/C20H39N3O/c1-16(2)8-12-21(5)20(24)18-7-6-11-23(15-18)19-9-13-22(14-10-19)17(3)4/h16-19H,6-15H2,1-5H3/t18-/m1/s1. The Balaban J connectivity index is 1.82. The van der Waals surface area contributed by atoms with Gasteiger partial charge < -0.3 is 9.80 Å². The Bertz CT molecular complexity index is 388. The zero-order valence-electron chi connectivity index (χ0n) is 16.6. The molecule has 2 heterocycles. The van der Waals surface area contributed by atoms with Crippen LogP contribution in [0.25, 0.3) is 0 Å². The van der Waals surface area contributed by atoms with Gasteiger partial charge in [-0.15, -0.1) is 0 Å². The van der Waals surface area contributed by atoms with Crippen molar-refractivity contribution in [3.05, 3.63) is 0 Å². The lowest BCUT2D eigenvalue weighted by Gasteiger charge is -2.43. The summed E-state index contributed by atoms with van der Waals surface area (Å²) >= 11 is 0. The van der Waals surface area contributed by atoms with E-state index in [0.29, 0.717) is 23.9 Å². The van der Waals surface area contributed by atoms with Gasteiger partial charge in [-0.2, -0.15) is 0 Å². The molecule has 0 saturated carbocycles. The first-order chi connectivity index (χ1) is 11.4. The third-order valence-corrected chi connectivity index (χ3v) is 5.97. The van der Waals surface area contributed by atoms with Crippen LogP contribution in [0.2, 0.25) is 0 Å². The number of amides is 1. The van der Waals surface area contributed by atoms with Gasteiger partial charge in [-0.1, -0.05) is 13.8 Å². The molecular weight excluding hydrogens is 298 g/mol. The van der Waals surface area contributed by atoms with Crippen molar-refractivity contribution in [3.63, 3.8) is 0 Å². The van der Waals surface area contributed by atoms with Gasteiger partial charge in [0.25, 0.3) is 0 Å². The first-order valence-electron chi connectivity index (χ1n) is 10.1. The summed E-state index contributed by atoms with van der Waals surface area (Å²) in [6.45, 7) is 14.5. The molecule has 0 aliphatic carbocycles. The highest BCUT2D eigenvalue weighted by Gasteiger charge is 2.33. The van der Waals surface area contributed by atoms with Gasteiger partial charge in [-0.3, -0.25) is 9.69 Å². The number of hydrogen-bond acceptors (Lipinski definition) is 3. The quantitative estimate of drug-likeness (QED) is 0.745. The molecule has 0 bridgehead atoms. The molecule has 0 aromatic rings. The molecule has 1 atom stereocenters. The molecule has 2 fully saturated rings. The van der Waals surface area contributed by atoms with Crippen LogP contribution in [0.3, 0.4) is 0 Å². The maximum atomic E-state index is 12.8. The van der Waals surface area contributed by atoms with Crippen molar-refractivity contribution in [1.82, 2.24) is 14.7 Å². The molecule has 2 saturated heterocycles. The smallest absolute Gasteiger partial charge is 0.226 e. The van der Waals surface area contributed by atoms with Crippen LogP contribution >= 0.6 is 0 Å². The number of hydrogen-bond donors (Lipinski definition) is 0. The molecule has 4 heteroatoms. The Morgan fingerprint density at radius 3 is 2.33 bits per heavy atom. The van der Waals surface area contributed by atoms with Gasteiger partial charge in [-0.05, 0) is 71.5 Å². The lowest BCUT2D eigenvalue weighted by Crippen LogP contribution is -2.51. The van der Waals surface area contributed by atoms with E-state index in [1.165, 1.54) is 38.9 Å². The predicted molar refractivity (Wildman–Crippen MR) is 101 cm³/mol. The maximum absolute atomic E-state index is 12.8. The van der Waals surface area contributed by atoms with Crippen molar-refractivity contribution in [3.8, 4) is 0 Å². The average molecular weight is 338 g/mol. The predicted octanol–water partition coefficient (Wildman–Crippen LogP) is 3.08. The zero-order chi connectivity index (χ0) is 17.7. The molecular formula is C20H39N3O. The van der Waals surface area contributed by atoms with Crippen molar-refractivity contribution in [2.24, 2.45) is 11.8 Å². The summed E-state index contributed by atoms with van der Waals surface area (Å²) < 4.78 is 0. The molecule has 2 aliphatic heterocycles. The molecule has 0 N–H and O–H groups in total. The second-order valence-corrected chi connectivity index (χ2v) is 8.64. The summed E-state index contributed by atoms with van der Waals surface area (Å²) in [6, 6.07) is 1.35. The number of nitrogens with zero attached hydrogens (tertiary/aromatic N) is 3. The third kappa shape index (κ3) is 5.45. The normalized spacial score (nSPS) is 24.7. The van der Waals surface area contributed by atoms with Crippen LogP contribution in [-0.2, 0) is 4.79 Å². The second-order valence-electron chi connectivity index (χ2n) is 8.64. The van der Waals surface area contributed by atoms with Crippen molar-refractivity contribution in [1.29, 1.82) is 0 Å². The van der Waals surface area contributed by atoms with Crippen molar-refractivity contribution in [2.45, 2.75) is 71.9 Å². The van der Waals surface area contributed by atoms with E-state index in [2.05, 4.69) is 37.5 Å². The molecule has 0 spiro atoms. The largest absolute Gasteiger partial charge is 0.345 e. The Morgan fingerprint density at radius 1 is 1.08 bits per heavy atom. The Labute approximate surface area is 149 Å². The highest BCUT2D eigenvalue weighted by atomic mass is 16.2. The van der Waals surface area contributed by atoms with Crippen LogP contribution in [-0.4, -0.2) is 72.5 Å². The van der Waals surface area contributed by atoms with Gasteiger partial charge in [0.1, 0.15) is 0 Å². The van der Waals surface area contributed by atoms with E-state index in [-0.39, 0.29) is 5.92 Å². The minimum absolute atomic E-state index is 0.221. The minimum atomic E-state index is 0.221. The molecule has 0 aromatic carbocycles. The first kappa shape index (κ1) is 19.7. The van der Waals surface area contributed by atoms with Gasteiger partial charge in [0.15, 0.2) is 0 Å². The summed E-state index contributed by atoms with van der Waals surface area (Å²) in [4.78, 5) is 20.0. The third-order valence-electron chi connectivity index (χ3n) is 5.97. The van der Waals surface area contributed by atoms with E-state index in [9.17, 15) is 4.79 Å². The molecule has 4 nitrogen and oxygen atoms in total. The van der Waals surface area contributed by atoms with Gasteiger partial charge in [-0.25, -0.2) is 0 Å². The van der Waals surface area contributed by atoms with Crippen LogP contribution in [0.4, 0.5) is 0 Å². The van der Waals surface area contributed by atoms with Crippen LogP contribution in [0.1, 0.15) is 59.8 Å². The fourth-order valence-corrected chi connectivity index (χ4v) is 4.18. The monoisotopic (exact) mass is 337 g/mol. The van der Waals surface area contributed by atoms with Crippen LogP contribution in [0.15, 0.2) is 0 Å². The lowest BCUT2D eigenvalue weighted by molar-refractivity contribution is -0.136. The van der Waals surface area contributed by atoms with E-state index >= 15 is 0 Å². The number of rotatable bonds is 6. The van der Waals surface area contributed by atoms with Crippen molar-refractivity contribution >= 4 is 5.91 Å². The van der Waals surface area contributed by atoms with E-state index in [4.69, 9.17) is 0 Å². The number of likely N-dealkylation sites (tertiary alicyclic amines) is 2. The lowest BCUT2D eigenvalue weighted by atomic mass is 9.92. The SMILES string of the molecule is CC(C)CCN(C)C(=O)[C@@H]1CCCN(C2CCN(C(C)C)CC2)C1. The Morgan fingerprint density at radius 2 is 1.75 bits per heavy atom. The van der Waals surface area contributed by atoms with Gasteiger partial charge in [0.05, 0.1) is 5.92 Å². The summed E-state index contributed by atoms with van der Waals surface area (Å²) in [5.74, 6) is 1.26. The maximum Gasteiger partial charge on any atom is 0.226 e. The number of carbonyl (C=O) groups excluding carboxylic acids is 1.